The van der Waals surface area contributed by atoms with Crippen molar-refractivity contribution in [1.29, 1.82) is 0 Å². The molecule has 0 saturated heterocycles. The van der Waals surface area contributed by atoms with E-state index >= 15 is 0 Å². The molecule has 0 bridgehead atoms. The summed E-state index contributed by atoms with van der Waals surface area (Å²) in [5, 5.41) is 15.5. The first-order chi connectivity index (χ1) is 15.8. The van der Waals surface area contributed by atoms with Gasteiger partial charge in [-0.1, -0.05) is 18.2 Å². The third-order valence-corrected chi connectivity index (χ3v) is 5.78. The minimum atomic E-state index is -0.283. The van der Waals surface area contributed by atoms with Crippen LogP contribution in [-0.4, -0.2) is 32.4 Å². The number of hydrazone groups is 1. The van der Waals surface area contributed by atoms with Crippen molar-refractivity contribution < 1.29 is 4.74 Å². The summed E-state index contributed by atoms with van der Waals surface area (Å²) in [5.41, 5.74) is 3.82. The van der Waals surface area contributed by atoms with E-state index in [2.05, 4.69) is 10.2 Å². The van der Waals surface area contributed by atoms with Crippen LogP contribution in [0, 0.1) is 0 Å². The maximum atomic E-state index is 13.3. The van der Waals surface area contributed by atoms with E-state index in [4.69, 9.17) is 9.84 Å². The summed E-state index contributed by atoms with van der Waals surface area (Å²) in [7, 11) is 0. The smallest absolute Gasteiger partial charge is 0.247 e. The molecule has 0 radical (unpaired) electrons. The summed E-state index contributed by atoms with van der Waals surface area (Å²) in [6.45, 7) is 0.477. The lowest BCUT2D eigenvalue weighted by Crippen LogP contribution is -2.29. The molecule has 2 aromatic carbocycles. The molecule has 4 aromatic rings. The van der Waals surface area contributed by atoms with Gasteiger partial charge in [0.05, 0.1) is 29.4 Å². The predicted octanol–water partition coefficient (Wildman–Crippen LogP) is 3.29. The van der Waals surface area contributed by atoms with Crippen molar-refractivity contribution in [3.05, 3.63) is 94.7 Å². The molecule has 1 atom stereocenters. The van der Waals surface area contributed by atoms with Gasteiger partial charge in [-0.05, 0) is 42.5 Å². The first-order valence-corrected chi connectivity index (χ1v) is 10.6. The van der Waals surface area contributed by atoms with E-state index in [1.54, 1.807) is 10.9 Å². The quantitative estimate of drug-likeness (QED) is 0.502. The van der Waals surface area contributed by atoms with Gasteiger partial charge < -0.3 is 4.74 Å². The molecule has 2 aliphatic rings. The van der Waals surface area contributed by atoms with Crippen LogP contribution >= 0.6 is 0 Å². The average molecular weight is 424 g/mol. The first kappa shape index (κ1) is 18.6. The van der Waals surface area contributed by atoms with Crippen molar-refractivity contribution in [2.45, 2.75) is 18.9 Å². The summed E-state index contributed by atoms with van der Waals surface area (Å²) in [6.07, 6.45) is 6.72. The predicted molar refractivity (Wildman–Crippen MR) is 121 cm³/mol. The molecule has 0 fully saturated rings. The van der Waals surface area contributed by atoms with Crippen LogP contribution < -0.4 is 15.2 Å². The number of fused-ring (bicyclic) bond motifs is 1. The number of hydrogen-bond donors (Lipinski definition) is 0. The molecule has 8 nitrogen and oxygen atoms in total. The standard InChI is InChI=1S/C24H20N6O2/c31-23-22(20-11-14-26-29(20)18-5-2-1-3-6-18)27-30(21-12-16-32-24(21)23)19-9-7-17(8-10-19)28-15-4-13-25-28/h1-10,13-15,20H,11-12,16H2. The van der Waals surface area contributed by atoms with Gasteiger partial charge in [-0.3, -0.25) is 9.80 Å². The van der Waals surface area contributed by atoms with Gasteiger partial charge in [-0.25, -0.2) is 9.36 Å². The molecule has 0 amide bonds. The minimum Gasteiger partial charge on any atom is -0.487 e. The fourth-order valence-corrected chi connectivity index (χ4v) is 4.24. The third-order valence-electron chi connectivity index (χ3n) is 5.78. The van der Waals surface area contributed by atoms with Crippen LogP contribution in [0.25, 0.3) is 11.4 Å². The average Bonchev–Trinajstić information content (AvgIpc) is 3.62. The second-order valence-electron chi connectivity index (χ2n) is 7.70. The van der Waals surface area contributed by atoms with Crippen LogP contribution in [0.2, 0.25) is 0 Å². The van der Waals surface area contributed by atoms with Crippen LogP contribution in [0.15, 0.2) is 83.0 Å². The lowest BCUT2D eigenvalue weighted by molar-refractivity contribution is 0.353. The summed E-state index contributed by atoms with van der Waals surface area (Å²) < 4.78 is 9.41. The van der Waals surface area contributed by atoms with Crippen molar-refractivity contribution in [3.8, 4) is 17.1 Å². The molecule has 6 rings (SSSR count). The van der Waals surface area contributed by atoms with E-state index in [1.807, 2.05) is 82.8 Å². The van der Waals surface area contributed by atoms with Gasteiger partial charge >= 0.3 is 0 Å². The zero-order chi connectivity index (χ0) is 21.5. The lowest BCUT2D eigenvalue weighted by atomic mass is 10.1. The van der Waals surface area contributed by atoms with Crippen LogP contribution in [0.1, 0.15) is 23.9 Å². The van der Waals surface area contributed by atoms with Crippen LogP contribution in [-0.2, 0) is 6.42 Å². The molecule has 0 saturated carbocycles. The number of nitrogens with zero attached hydrogens (tertiary/aromatic N) is 6. The molecular weight excluding hydrogens is 404 g/mol. The van der Waals surface area contributed by atoms with Crippen molar-refractivity contribution in [2.24, 2.45) is 5.10 Å². The summed E-state index contributed by atoms with van der Waals surface area (Å²) >= 11 is 0. The highest BCUT2D eigenvalue weighted by molar-refractivity contribution is 5.67. The number of hydrogen-bond acceptors (Lipinski definition) is 6. The minimum absolute atomic E-state index is 0.154. The monoisotopic (exact) mass is 424 g/mol. The third kappa shape index (κ3) is 2.99. The Morgan fingerprint density at radius 2 is 1.75 bits per heavy atom. The van der Waals surface area contributed by atoms with Crippen LogP contribution in [0.3, 0.4) is 0 Å². The van der Waals surface area contributed by atoms with E-state index in [9.17, 15) is 4.79 Å². The Labute approximate surface area is 184 Å². The largest absolute Gasteiger partial charge is 0.487 e. The highest BCUT2D eigenvalue weighted by Gasteiger charge is 2.32. The Kier molecular flexibility index (Phi) is 4.34. The highest BCUT2D eigenvalue weighted by atomic mass is 16.5. The number of aromatic nitrogens is 4. The molecule has 2 aliphatic heterocycles. The SMILES string of the molecule is O=c1c(C2CC=NN2c2ccccc2)nn(-c2ccc(-n3cccn3)cc2)c2c1OCC2. The molecule has 8 heteroatoms. The van der Waals surface area contributed by atoms with E-state index < -0.39 is 0 Å². The van der Waals surface area contributed by atoms with Gasteiger partial charge in [0, 0.05) is 31.4 Å². The summed E-state index contributed by atoms with van der Waals surface area (Å²) in [4.78, 5) is 13.3. The molecular formula is C24H20N6O2. The topological polar surface area (TPSA) is 77.5 Å². The van der Waals surface area contributed by atoms with Gasteiger partial charge in [0.25, 0.3) is 0 Å². The zero-order valence-electron chi connectivity index (χ0n) is 17.2. The number of benzene rings is 2. The fourth-order valence-electron chi connectivity index (χ4n) is 4.24. The van der Waals surface area contributed by atoms with E-state index in [0.717, 1.165) is 22.8 Å². The van der Waals surface area contributed by atoms with Gasteiger partial charge in [0.15, 0.2) is 5.75 Å². The summed E-state index contributed by atoms with van der Waals surface area (Å²) in [6, 6.07) is 19.4. The molecule has 0 N–H and O–H groups in total. The van der Waals surface area contributed by atoms with E-state index in [-0.39, 0.29) is 11.5 Å². The van der Waals surface area contributed by atoms with Gasteiger partial charge in [0.2, 0.25) is 5.43 Å². The van der Waals surface area contributed by atoms with E-state index in [1.165, 1.54) is 0 Å². The number of para-hydroxylation sites is 1. The molecule has 158 valence electrons. The number of ether oxygens (including phenoxy) is 1. The summed E-state index contributed by atoms with van der Waals surface area (Å²) in [5.74, 6) is 0.395. The maximum Gasteiger partial charge on any atom is 0.247 e. The molecule has 1 unspecified atom stereocenters. The number of rotatable bonds is 4. The van der Waals surface area contributed by atoms with Crippen LogP contribution in [0.4, 0.5) is 5.69 Å². The maximum absolute atomic E-state index is 13.3. The Balaban J connectivity index is 1.44. The fraction of sp³-hybridized carbons (Fsp3) is 0.167. The van der Waals surface area contributed by atoms with Crippen molar-refractivity contribution in [2.75, 3.05) is 11.6 Å². The van der Waals surface area contributed by atoms with Gasteiger partial charge in [-0.15, -0.1) is 0 Å². The highest BCUT2D eigenvalue weighted by Crippen LogP contribution is 2.33. The normalized spacial score (nSPS) is 16.9. The Morgan fingerprint density at radius 3 is 2.53 bits per heavy atom. The molecule has 0 spiro atoms. The van der Waals surface area contributed by atoms with Crippen molar-refractivity contribution in [1.82, 2.24) is 19.6 Å². The lowest BCUT2D eigenvalue weighted by Gasteiger charge is -2.24. The molecule has 2 aromatic heterocycles. The van der Waals surface area contributed by atoms with Gasteiger partial charge in [0.1, 0.15) is 11.7 Å². The van der Waals surface area contributed by atoms with Crippen LogP contribution in [0.5, 0.6) is 5.75 Å². The first-order valence-electron chi connectivity index (χ1n) is 10.6. The Hall–Kier alpha value is -4.20. The van der Waals surface area contributed by atoms with Crippen molar-refractivity contribution >= 4 is 11.9 Å². The van der Waals surface area contributed by atoms with Crippen molar-refractivity contribution in [3.63, 3.8) is 0 Å². The second kappa shape index (κ2) is 7.49. The molecule has 4 heterocycles. The van der Waals surface area contributed by atoms with E-state index in [0.29, 0.717) is 30.9 Å². The number of anilines is 1. The molecule has 0 aliphatic carbocycles. The zero-order valence-corrected chi connectivity index (χ0v) is 17.2. The molecule has 32 heavy (non-hydrogen) atoms. The van der Waals surface area contributed by atoms with Gasteiger partial charge in [-0.2, -0.15) is 15.3 Å². The Morgan fingerprint density at radius 1 is 0.938 bits per heavy atom. The second-order valence-corrected chi connectivity index (χ2v) is 7.70. The Bertz CT molecular complexity index is 1340.